The lowest BCUT2D eigenvalue weighted by Crippen LogP contribution is -2.34. The average molecular weight is 174 g/mol. The summed E-state index contributed by atoms with van der Waals surface area (Å²) in [5.41, 5.74) is 0.883. The van der Waals surface area contributed by atoms with Gasteiger partial charge in [-0.15, -0.1) is 0 Å². The van der Waals surface area contributed by atoms with Crippen molar-refractivity contribution >= 4 is 16.6 Å². The SMILES string of the molecule is CC1C[Si](C)(C)O[Si]1(C)C. The number of hydrogen-bond donors (Lipinski definition) is 0. The quantitative estimate of drug-likeness (QED) is 0.513. The van der Waals surface area contributed by atoms with Crippen molar-refractivity contribution in [3.8, 4) is 0 Å². The predicted molar refractivity (Wildman–Crippen MR) is 50.3 cm³/mol. The Morgan fingerprint density at radius 1 is 1.20 bits per heavy atom. The van der Waals surface area contributed by atoms with Crippen LogP contribution in [0.25, 0.3) is 0 Å². The predicted octanol–water partition coefficient (Wildman–Crippen LogP) is 2.82. The van der Waals surface area contributed by atoms with Gasteiger partial charge in [-0.1, -0.05) is 6.92 Å². The Morgan fingerprint density at radius 2 is 1.70 bits per heavy atom. The first-order valence-corrected chi connectivity index (χ1v) is 10.1. The van der Waals surface area contributed by atoms with Gasteiger partial charge in [0, 0.05) is 0 Å². The van der Waals surface area contributed by atoms with Crippen LogP contribution >= 0.6 is 0 Å². The van der Waals surface area contributed by atoms with Gasteiger partial charge in [0.25, 0.3) is 0 Å². The summed E-state index contributed by atoms with van der Waals surface area (Å²) < 4.78 is 6.13. The molecule has 0 aromatic rings. The summed E-state index contributed by atoms with van der Waals surface area (Å²) in [6, 6.07) is 1.38. The lowest BCUT2D eigenvalue weighted by Gasteiger charge is -2.23. The molecule has 0 amide bonds. The van der Waals surface area contributed by atoms with Gasteiger partial charge in [-0.3, -0.25) is 0 Å². The molecule has 0 bridgehead atoms. The smallest absolute Gasteiger partial charge is 0.176 e. The van der Waals surface area contributed by atoms with E-state index >= 15 is 0 Å². The summed E-state index contributed by atoms with van der Waals surface area (Å²) in [4.78, 5) is 0. The molecule has 10 heavy (non-hydrogen) atoms. The van der Waals surface area contributed by atoms with E-state index in [0.717, 1.165) is 5.54 Å². The monoisotopic (exact) mass is 174 g/mol. The van der Waals surface area contributed by atoms with Crippen LogP contribution in [0.15, 0.2) is 0 Å². The molecule has 60 valence electrons. The Kier molecular flexibility index (Phi) is 1.86. The third-order valence-electron chi connectivity index (χ3n) is 2.52. The first-order chi connectivity index (χ1) is 4.33. The standard InChI is InChI=1S/C7H18OSi2/c1-7-6-9(2,3)8-10(7,4)5/h7H,6H2,1-5H3. The fraction of sp³-hybridized carbons (Fsp3) is 1.00. The number of rotatable bonds is 0. The van der Waals surface area contributed by atoms with Crippen molar-refractivity contribution in [1.82, 2.24) is 0 Å². The molecule has 0 saturated carbocycles. The van der Waals surface area contributed by atoms with E-state index in [0.29, 0.717) is 0 Å². The second kappa shape index (κ2) is 2.19. The number of hydrogen-bond acceptors (Lipinski definition) is 1. The molecule has 1 aliphatic rings. The normalized spacial score (nSPS) is 36.3. The summed E-state index contributed by atoms with van der Waals surface area (Å²) in [5, 5.41) is 0. The molecule has 0 aliphatic carbocycles. The van der Waals surface area contributed by atoms with E-state index in [1.807, 2.05) is 0 Å². The topological polar surface area (TPSA) is 9.23 Å². The summed E-state index contributed by atoms with van der Waals surface area (Å²) in [6.07, 6.45) is 0. The van der Waals surface area contributed by atoms with Gasteiger partial charge in [0.15, 0.2) is 16.6 Å². The zero-order chi connectivity index (χ0) is 7.99. The molecule has 0 radical (unpaired) electrons. The molecular weight excluding hydrogens is 156 g/mol. The summed E-state index contributed by atoms with van der Waals surface area (Å²) in [7, 11) is -2.39. The van der Waals surface area contributed by atoms with E-state index in [1.165, 1.54) is 6.04 Å². The Hall–Kier alpha value is 0.394. The van der Waals surface area contributed by atoms with Crippen molar-refractivity contribution in [2.45, 2.75) is 44.7 Å². The zero-order valence-electron chi connectivity index (χ0n) is 7.69. The van der Waals surface area contributed by atoms with Crippen LogP contribution in [0.4, 0.5) is 0 Å². The zero-order valence-corrected chi connectivity index (χ0v) is 9.69. The largest absolute Gasteiger partial charge is 0.455 e. The highest BCUT2D eigenvalue weighted by atomic mass is 28.4. The van der Waals surface area contributed by atoms with Crippen LogP contribution in [-0.4, -0.2) is 16.6 Å². The third kappa shape index (κ3) is 1.52. The van der Waals surface area contributed by atoms with Crippen LogP contribution < -0.4 is 0 Å². The minimum atomic E-state index is -1.22. The van der Waals surface area contributed by atoms with Crippen LogP contribution in [0.3, 0.4) is 0 Å². The lowest BCUT2D eigenvalue weighted by molar-refractivity contribution is 0.571. The Balaban J connectivity index is 2.71. The van der Waals surface area contributed by atoms with Gasteiger partial charge in [-0.05, 0) is 37.8 Å². The first kappa shape index (κ1) is 8.49. The van der Waals surface area contributed by atoms with Crippen LogP contribution in [0.1, 0.15) is 6.92 Å². The van der Waals surface area contributed by atoms with E-state index in [4.69, 9.17) is 4.12 Å². The molecule has 1 nitrogen and oxygen atoms in total. The van der Waals surface area contributed by atoms with Crippen molar-refractivity contribution in [3.05, 3.63) is 0 Å². The maximum atomic E-state index is 6.13. The first-order valence-electron chi connectivity index (χ1n) is 4.04. The van der Waals surface area contributed by atoms with Gasteiger partial charge in [-0.2, -0.15) is 0 Å². The third-order valence-corrected chi connectivity index (χ3v) is 11.4. The van der Waals surface area contributed by atoms with E-state index in [-0.39, 0.29) is 0 Å². The van der Waals surface area contributed by atoms with Crippen LogP contribution in [0.2, 0.25) is 37.8 Å². The molecule has 1 fully saturated rings. The minimum Gasteiger partial charge on any atom is -0.455 e. The van der Waals surface area contributed by atoms with Gasteiger partial charge < -0.3 is 4.12 Å². The van der Waals surface area contributed by atoms with Crippen LogP contribution in [-0.2, 0) is 4.12 Å². The molecular formula is C7H18OSi2. The second-order valence-corrected chi connectivity index (χ2v) is 13.5. The Labute approximate surface area is 66.0 Å². The highest BCUT2D eigenvalue weighted by molar-refractivity contribution is 6.90. The molecule has 1 aliphatic heterocycles. The van der Waals surface area contributed by atoms with E-state index < -0.39 is 16.6 Å². The summed E-state index contributed by atoms with van der Waals surface area (Å²) >= 11 is 0. The highest BCUT2D eigenvalue weighted by Crippen LogP contribution is 2.41. The molecule has 0 aromatic carbocycles. The van der Waals surface area contributed by atoms with Crippen molar-refractivity contribution < 1.29 is 4.12 Å². The molecule has 0 aromatic heterocycles. The molecule has 1 heterocycles. The fourth-order valence-corrected chi connectivity index (χ4v) is 13.6. The van der Waals surface area contributed by atoms with E-state index in [1.54, 1.807) is 0 Å². The van der Waals surface area contributed by atoms with Crippen molar-refractivity contribution in [2.75, 3.05) is 0 Å². The lowest BCUT2D eigenvalue weighted by atomic mass is 10.6. The Morgan fingerprint density at radius 3 is 1.80 bits per heavy atom. The highest BCUT2D eigenvalue weighted by Gasteiger charge is 2.46. The van der Waals surface area contributed by atoms with Gasteiger partial charge >= 0.3 is 0 Å². The molecule has 1 unspecified atom stereocenters. The van der Waals surface area contributed by atoms with E-state index in [9.17, 15) is 0 Å². The molecule has 3 heteroatoms. The summed E-state index contributed by atoms with van der Waals surface area (Å²) in [6.45, 7) is 11.7. The molecule has 0 N–H and O–H groups in total. The molecule has 1 atom stereocenters. The van der Waals surface area contributed by atoms with Crippen molar-refractivity contribution in [2.24, 2.45) is 0 Å². The van der Waals surface area contributed by atoms with Gasteiger partial charge in [0.2, 0.25) is 0 Å². The Bertz CT molecular complexity index is 143. The minimum absolute atomic E-state index is 0.883. The van der Waals surface area contributed by atoms with Gasteiger partial charge in [0.1, 0.15) is 0 Å². The van der Waals surface area contributed by atoms with Crippen LogP contribution in [0.5, 0.6) is 0 Å². The van der Waals surface area contributed by atoms with E-state index in [2.05, 4.69) is 33.1 Å². The maximum Gasteiger partial charge on any atom is 0.176 e. The molecule has 1 saturated heterocycles. The molecule has 1 rings (SSSR count). The second-order valence-electron chi connectivity index (χ2n) is 4.57. The van der Waals surface area contributed by atoms with Gasteiger partial charge in [-0.25, -0.2) is 0 Å². The van der Waals surface area contributed by atoms with Crippen molar-refractivity contribution in [1.29, 1.82) is 0 Å². The summed E-state index contributed by atoms with van der Waals surface area (Å²) in [5.74, 6) is 0. The molecule has 0 spiro atoms. The van der Waals surface area contributed by atoms with Crippen LogP contribution in [0, 0.1) is 0 Å². The van der Waals surface area contributed by atoms with Crippen molar-refractivity contribution in [3.63, 3.8) is 0 Å². The van der Waals surface area contributed by atoms with Gasteiger partial charge in [0.05, 0.1) is 0 Å². The average Bonchev–Trinajstić information content (AvgIpc) is 1.73. The maximum absolute atomic E-state index is 6.13. The fourth-order valence-electron chi connectivity index (χ4n) is 1.84.